The fourth-order valence-electron chi connectivity index (χ4n) is 1.81. The van der Waals surface area contributed by atoms with E-state index in [1.54, 1.807) is 0 Å². The van der Waals surface area contributed by atoms with Gasteiger partial charge in [-0.3, -0.25) is 14.4 Å². The molecule has 1 aliphatic rings. The fourth-order valence-corrected chi connectivity index (χ4v) is 1.81. The number of aliphatic hydroxyl groups is 2. The highest BCUT2D eigenvalue weighted by atomic mass is 16.4. The minimum atomic E-state index is -1.24. The van der Waals surface area contributed by atoms with Crippen LogP contribution in [0.25, 0.3) is 5.76 Å². The van der Waals surface area contributed by atoms with Crippen LogP contribution in [0.15, 0.2) is 25.6 Å². The van der Waals surface area contributed by atoms with E-state index in [9.17, 15) is 24.6 Å². The standard InChI is InChI=1S/C10H7NO6/c12-3-1-4-6(5(13)2-3)9(15)7(11-17)10(16)8(4)14/h2-3,12-13,17H,1H2/b11-7-. The predicted molar refractivity (Wildman–Crippen MR) is 55.3 cm³/mol. The molecule has 0 radical (unpaired) electrons. The third-order valence-corrected chi connectivity index (χ3v) is 2.56. The minimum absolute atomic E-state index is 0.228. The molecule has 0 amide bonds. The number of rotatable bonds is 0. The van der Waals surface area contributed by atoms with E-state index in [0.717, 1.165) is 6.08 Å². The van der Waals surface area contributed by atoms with Crippen LogP contribution in [0.1, 0.15) is 11.1 Å². The van der Waals surface area contributed by atoms with Gasteiger partial charge in [-0.05, 0) is 6.08 Å². The smallest absolute Gasteiger partial charge is 0.258 e. The van der Waals surface area contributed by atoms with E-state index >= 15 is 0 Å². The Kier molecular flexibility index (Phi) is 2.40. The van der Waals surface area contributed by atoms with E-state index < -0.39 is 33.5 Å². The van der Waals surface area contributed by atoms with E-state index in [2.05, 4.69) is 5.16 Å². The van der Waals surface area contributed by atoms with Crippen molar-refractivity contribution in [3.05, 3.63) is 53.2 Å². The molecule has 7 nitrogen and oxygen atoms in total. The van der Waals surface area contributed by atoms with E-state index in [-0.39, 0.29) is 17.5 Å². The monoisotopic (exact) mass is 237 g/mol. The van der Waals surface area contributed by atoms with Crippen LogP contribution in [0.5, 0.6) is 0 Å². The quantitative estimate of drug-likeness (QED) is 0.266. The summed E-state index contributed by atoms with van der Waals surface area (Å²) in [5.41, 5.74) is -3.94. The molecule has 17 heavy (non-hydrogen) atoms. The zero-order valence-electron chi connectivity index (χ0n) is 8.38. The summed E-state index contributed by atoms with van der Waals surface area (Å²) in [4.78, 5) is 34.6. The van der Waals surface area contributed by atoms with Crippen LogP contribution >= 0.6 is 0 Å². The molecule has 1 unspecified atom stereocenters. The van der Waals surface area contributed by atoms with E-state index in [4.69, 9.17) is 5.21 Å². The van der Waals surface area contributed by atoms with Crippen LogP contribution < -0.4 is 21.6 Å². The van der Waals surface area contributed by atoms with E-state index in [0.29, 0.717) is 0 Å². The molecule has 0 saturated heterocycles. The second-order valence-electron chi connectivity index (χ2n) is 3.61. The molecule has 1 aliphatic carbocycles. The van der Waals surface area contributed by atoms with Crippen molar-refractivity contribution in [2.24, 2.45) is 5.16 Å². The lowest BCUT2D eigenvalue weighted by Gasteiger charge is -2.15. The lowest BCUT2D eigenvalue weighted by atomic mass is 9.93. The highest BCUT2D eigenvalue weighted by Gasteiger charge is 2.26. The first kappa shape index (κ1) is 11.2. The average molecular weight is 237 g/mol. The van der Waals surface area contributed by atoms with Gasteiger partial charge in [0.1, 0.15) is 5.76 Å². The summed E-state index contributed by atoms with van der Waals surface area (Å²) >= 11 is 0. The summed E-state index contributed by atoms with van der Waals surface area (Å²) < 4.78 is 0. The molecule has 0 fully saturated rings. The van der Waals surface area contributed by atoms with Crippen LogP contribution in [0.3, 0.4) is 0 Å². The Bertz CT molecular complexity index is 723. The van der Waals surface area contributed by atoms with Crippen molar-refractivity contribution in [1.82, 2.24) is 0 Å². The summed E-state index contributed by atoms with van der Waals surface area (Å²) in [6.45, 7) is 0. The number of fused-ring (bicyclic) bond motifs is 1. The van der Waals surface area contributed by atoms with Crippen molar-refractivity contribution in [2.45, 2.75) is 12.5 Å². The normalized spacial score (nSPS) is 19.9. The molecule has 0 aromatic heterocycles. The Morgan fingerprint density at radius 3 is 2.41 bits per heavy atom. The van der Waals surface area contributed by atoms with Crippen molar-refractivity contribution in [1.29, 1.82) is 0 Å². The van der Waals surface area contributed by atoms with Gasteiger partial charge in [-0.15, -0.1) is 0 Å². The summed E-state index contributed by atoms with van der Waals surface area (Å²) in [7, 11) is 0. The van der Waals surface area contributed by atoms with Gasteiger partial charge in [0.2, 0.25) is 16.2 Å². The number of nitrogens with zero attached hydrogens (tertiary/aromatic N) is 1. The number of hydrogen-bond donors (Lipinski definition) is 3. The van der Waals surface area contributed by atoms with Crippen molar-refractivity contribution >= 4 is 5.76 Å². The zero-order chi connectivity index (χ0) is 12.7. The topological polar surface area (TPSA) is 124 Å². The maximum Gasteiger partial charge on any atom is 0.258 e. The van der Waals surface area contributed by atoms with Crippen molar-refractivity contribution < 1.29 is 15.4 Å². The van der Waals surface area contributed by atoms with E-state index in [1.165, 1.54) is 0 Å². The van der Waals surface area contributed by atoms with Gasteiger partial charge in [0.05, 0.1) is 11.7 Å². The molecule has 1 aromatic carbocycles. The molecule has 3 N–H and O–H groups in total. The Morgan fingerprint density at radius 2 is 1.82 bits per heavy atom. The summed E-state index contributed by atoms with van der Waals surface area (Å²) in [5.74, 6) is -0.592. The van der Waals surface area contributed by atoms with Gasteiger partial charge in [-0.25, -0.2) is 0 Å². The second kappa shape index (κ2) is 3.63. The fraction of sp³-hybridized carbons (Fsp3) is 0.200. The molecule has 1 atom stereocenters. The largest absolute Gasteiger partial charge is 0.507 e. The third-order valence-electron chi connectivity index (χ3n) is 2.56. The molecule has 88 valence electrons. The second-order valence-corrected chi connectivity index (χ2v) is 3.61. The third kappa shape index (κ3) is 1.48. The zero-order valence-corrected chi connectivity index (χ0v) is 8.38. The highest BCUT2D eigenvalue weighted by molar-refractivity contribution is 5.64. The molecule has 7 heteroatoms. The molecule has 2 rings (SSSR count). The minimum Gasteiger partial charge on any atom is -0.507 e. The lowest BCUT2D eigenvalue weighted by molar-refractivity contribution is 0.219. The van der Waals surface area contributed by atoms with Gasteiger partial charge in [0.15, 0.2) is 0 Å². The average Bonchev–Trinajstić information content (AvgIpc) is 2.25. The van der Waals surface area contributed by atoms with Crippen LogP contribution in [-0.2, 0) is 6.42 Å². The van der Waals surface area contributed by atoms with Crippen molar-refractivity contribution in [3.8, 4) is 0 Å². The van der Waals surface area contributed by atoms with Crippen molar-refractivity contribution in [3.63, 3.8) is 0 Å². The molecule has 0 aliphatic heterocycles. The Morgan fingerprint density at radius 1 is 1.18 bits per heavy atom. The van der Waals surface area contributed by atoms with Gasteiger partial charge < -0.3 is 15.4 Å². The predicted octanol–water partition coefficient (Wildman–Crippen LogP) is -2.25. The van der Waals surface area contributed by atoms with Gasteiger partial charge in [0, 0.05) is 12.0 Å². The molecular weight excluding hydrogens is 230 g/mol. The SMILES string of the molecule is O=c1c2c(c(=O)/c(=N/O)c1=O)C(O)=CC(O)C2. The number of benzene rings is 1. The van der Waals surface area contributed by atoms with Crippen LogP contribution in [0.4, 0.5) is 0 Å². The Hall–Kier alpha value is -2.28. The van der Waals surface area contributed by atoms with Crippen molar-refractivity contribution in [2.75, 3.05) is 0 Å². The van der Waals surface area contributed by atoms with Gasteiger partial charge in [-0.1, -0.05) is 5.16 Å². The first-order valence-corrected chi connectivity index (χ1v) is 4.65. The number of aliphatic hydroxyl groups excluding tert-OH is 2. The maximum absolute atomic E-state index is 11.7. The maximum atomic E-state index is 11.7. The Labute approximate surface area is 92.9 Å². The molecule has 0 saturated carbocycles. The first-order valence-electron chi connectivity index (χ1n) is 4.65. The van der Waals surface area contributed by atoms with Gasteiger partial charge in [0.25, 0.3) is 5.43 Å². The molecule has 0 heterocycles. The summed E-state index contributed by atoms with van der Waals surface area (Å²) in [5, 5.41) is 28.8. The molecule has 0 bridgehead atoms. The van der Waals surface area contributed by atoms with Gasteiger partial charge in [-0.2, -0.15) is 0 Å². The highest BCUT2D eigenvalue weighted by Crippen LogP contribution is 2.17. The van der Waals surface area contributed by atoms with Crippen LogP contribution in [0, 0.1) is 0 Å². The number of hydrogen-bond acceptors (Lipinski definition) is 7. The Balaban J connectivity index is 3.06. The van der Waals surface area contributed by atoms with Crippen LogP contribution in [-0.4, -0.2) is 21.5 Å². The lowest BCUT2D eigenvalue weighted by Crippen LogP contribution is -2.51. The van der Waals surface area contributed by atoms with E-state index in [1.807, 2.05) is 0 Å². The summed E-state index contributed by atoms with van der Waals surface area (Å²) in [6.07, 6.45) is -0.380. The molecule has 1 aromatic rings. The van der Waals surface area contributed by atoms with Crippen LogP contribution in [0.2, 0.25) is 0 Å². The first-order chi connectivity index (χ1) is 7.97. The molecule has 0 spiro atoms. The summed E-state index contributed by atoms with van der Waals surface area (Å²) in [6, 6.07) is 0. The van der Waals surface area contributed by atoms with Gasteiger partial charge >= 0.3 is 0 Å². The molecular formula is C10H7NO6.